The Morgan fingerprint density at radius 1 is 1.27 bits per heavy atom. The van der Waals surface area contributed by atoms with Gasteiger partial charge in [-0.1, -0.05) is 6.07 Å². The van der Waals surface area contributed by atoms with Crippen molar-refractivity contribution in [1.82, 2.24) is 4.98 Å². The molecule has 2 aromatic rings. The fraction of sp³-hybridized carbons (Fsp3) is 0. The van der Waals surface area contributed by atoms with Crippen LogP contribution in [0.5, 0.6) is 5.75 Å². The number of rotatable bonds is 1. The summed E-state index contributed by atoms with van der Waals surface area (Å²) < 4.78 is 0.549. The predicted octanol–water partition coefficient (Wildman–Crippen LogP) is 2.40. The number of aromatic hydroxyl groups is 1. The molecule has 0 radical (unpaired) electrons. The van der Waals surface area contributed by atoms with E-state index >= 15 is 0 Å². The van der Waals surface area contributed by atoms with Crippen molar-refractivity contribution in [2.45, 2.75) is 0 Å². The van der Waals surface area contributed by atoms with Crippen LogP contribution in [0.2, 0.25) is 0 Å². The van der Waals surface area contributed by atoms with E-state index < -0.39 is 5.97 Å². The van der Waals surface area contributed by atoms with Gasteiger partial charge < -0.3 is 10.2 Å². The quantitative estimate of drug-likeness (QED) is 0.779. The van der Waals surface area contributed by atoms with Gasteiger partial charge in [-0.2, -0.15) is 0 Å². The monoisotopic (exact) mass is 267 g/mol. The minimum absolute atomic E-state index is 0.145. The fourth-order valence-electron chi connectivity index (χ4n) is 1.32. The molecule has 0 atom stereocenters. The number of carboxylic acid groups (broad SMARTS) is 1. The smallest absolute Gasteiger partial charge is 0.339 e. The van der Waals surface area contributed by atoms with Gasteiger partial charge in [-0.25, -0.2) is 9.78 Å². The van der Waals surface area contributed by atoms with Crippen LogP contribution >= 0.6 is 15.9 Å². The van der Waals surface area contributed by atoms with Crippen molar-refractivity contribution >= 4 is 32.8 Å². The summed E-state index contributed by atoms with van der Waals surface area (Å²) in [5.74, 6) is -1.47. The molecule has 4 nitrogen and oxygen atoms in total. The van der Waals surface area contributed by atoms with E-state index in [1.807, 2.05) is 0 Å². The van der Waals surface area contributed by atoms with Gasteiger partial charge in [0, 0.05) is 5.39 Å². The topological polar surface area (TPSA) is 70.4 Å². The van der Waals surface area contributed by atoms with Gasteiger partial charge in [0.1, 0.15) is 15.7 Å². The van der Waals surface area contributed by atoms with E-state index in [1.165, 1.54) is 6.07 Å². The lowest BCUT2D eigenvalue weighted by atomic mass is 10.1. The second kappa shape index (κ2) is 3.51. The average molecular weight is 268 g/mol. The Labute approximate surface area is 93.3 Å². The molecular formula is C10H6BrNO3. The molecule has 0 unspecified atom stereocenters. The summed E-state index contributed by atoms with van der Waals surface area (Å²) in [5, 5.41) is 19.2. The van der Waals surface area contributed by atoms with Gasteiger partial charge in [-0.3, -0.25) is 0 Å². The van der Waals surface area contributed by atoms with Gasteiger partial charge in [0.2, 0.25) is 0 Å². The van der Waals surface area contributed by atoms with Gasteiger partial charge >= 0.3 is 5.97 Å². The van der Waals surface area contributed by atoms with Crippen LogP contribution < -0.4 is 0 Å². The Balaban J connectivity index is 2.82. The lowest BCUT2D eigenvalue weighted by molar-refractivity contribution is 0.0694. The third-order valence-electron chi connectivity index (χ3n) is 2.03. The molecule has 0 amide bonds. The number of benzene rings is 1. The van der Waals surface area contributed by atoms with E-state index in [-0.39, 0.29) is 16.8 Å². The second-order valence-electron chi connectivity index (χ2n) is 2.97. The van der Waals surface area contributed by atoms with Crippen LogP contribution in [0.3, 0.4) is 0 Å². The molecule has 2 N–H and O–H groups in total. The van der Waals surface area contributed by atoms with Gasteiger partial charge in [-0.15, -0.1) is 0 Å². The van der Waals surface area contributed by atoms with Gasteiger partial charge in [0.25, 0.3) is 0 Å². The maximum atomic E-state index is 10.8. The Morgan fingerprint density at radius 3 is 2.60 bits per heavy atom. The van der Waals surface area contributed by atoms with Crippen molar-refractivity contribution < 1.29 is 15.0 Å². The van der Waals surface area contributed by atoms with Crippen LogP contribution in [-0.2, 0) is 0 Å². The van der Waals surface area contributed by atoms with E-state index in [2.05, 4.69) is 20.9 Å². The van der Waals surface area contributed by atoms with Crippen LogP contribution in [0.4, 0.5) is 0 Å². The van der Waals surface area contributed by atoms with Crippen LogP contribution in [0, 0.1) is 0 Å². The van der Waals surface area contributed by atoms with Crippen molar-refractivity contribution in [3.05, 3.63) is 34.4 Å². The molecule has 0 aliphatic heterocycles. The van der Waals surface area contributed by atoms with Crippen LogP contribution in [0.25, 0.3) is 10.9 Å². The molecule has 0 saturated carbocycles. The molecule has 0 fully saturated rings. The highest BCUT2D eigenvalue weighted by Crippen LogP contribution is 2.28. The first-order chi connectivity index (χ1) is 7.09. The summed E-state index contributed by atoms with van der Waals surface area (Å²) in [6.07, 6.45) is 0. The number of carboxylic acids is 1. The first-order valence-electron chi connectivity index (χ1n) is 4.11. The summed E-state index contributed by atoms with van der Waals surface area (Å²) in [7, 11) is 0. The number of phenols is 1. The molecule has 0 aliphatic rings. The van der Waals surface area contributed by atoms with Crippen molar-refractivity contribution in [2.24, 2.45) is 0 Å². The van der Waals surface area contributed by atoms with Gasteiger partial charge in [0.05, 0.1) is 0 Å². The molecule has 0 bridgehead atoms. The third kappa shape index (κ3) is 1.66. The lowest BCUT2D eigenvalue weighted by Gasteiger charge is -2.03. The van der Waals surface area contributed by atoms with Crippen molar-refractivity contribution in [2.75, 3.05) is 0 Å². The summed E-state index contributed by atoms with van der Waals surface area (Å²) in [6.45, 7) is 0. The molecule has 1 aromatic carbocycles. The zero-order valence-electron chi connectivity index (χ0n) is 7.44. The lowest BCUT2D eigenvalue weighted by Crippen LogP contribution is -1.97. The average Bonchev–Trinajstić information content (AvgIpc) is 2.19. The second-order valence-corrected chi connectivity index (χ2v) is 3.79. The maximum absolute atomic E-state index is 10.8. The number of pyridine rings is 1. The maximum Gasteiger partial charge on any atom is 0.339 e. The van der Waals surface area contributed by atoms with E-state index in [0.29, 0.717) is 9.99 Å². The Bertz CT molecular complexity index is 554. The molecule has 76 valence electrons. The highest BCUT2D eigenvalue weighted by molar-refractivity contribution is 9.10. The minimum Gasteiger partial charge on any atom is -0.505 e. The minimum atomic E-state index is -1.17. The Hall–Kier alpha value is -1.62. The standard InChI is InChI=1S/C10H6BrNO3/c11-7-4-2-5-1-3-6(10(14)15)9(13)8(5)12-7/h1-4,13H,(H,14,15). The van der Waals surface area contributed by atoms with Crippen molar-refractivity contribution in [1.29, 1.82) is 0 Å². The van der Waals surface area contributed by atoms with E-state index in [1.54, 1.807) is 18.2 Å². The molecule has 0 spiro atoms. The van der Waals surface area contributed by atoms with Crippen LogP contribution in [0.1, 0.15) is 10.4 Å². The number of nitrogens with zero attached hydrogens (tertiary/aromatic N) is 1. The third-order valence-corrected chi connectivity index (χ3v) is 2.47. The highest BCUT2D eigenvalue weighted by atomic mass is 79.9. The molecule has 2 rings (SSSR count). The van der Waals surface area contributed by atoms with E-state index in [0.717, 1.165) is 0 Å². The largest absolute Gasteiger partial charge is 0.505 e. The molecule has 5 heteroatoms. The number of halogens is 1. The first kappa shape index (κ1) is 9.92. The molecule has 0 aliphatic carbocycles. The molecule has 1 heterocycles. The molecular weight excluding hydrogens is 262 g/mol. The number of hydrogen-bond acceptors (Lipinski definition) is 3. The highest BCUT2D eigenvalue weighted by Gasteiger charge is 2.13. The summed E-state index contributed by atoms with van der Waals surface area (Å²) in [6, 6.07) is 6.44. The molecule has 1 aromatic heterocycles. The van der Waals surface area contributed by atoms with Gasteiger partial charge in [-0.05, 0) is 34.1 Å². The van der Waals surface area contributed by atoms with Gasteiger partial charge in [0.15, 0.2) is 5.75 Å². The normalized spacial score (nSPS) is 10.5. The fourth-order valence-corrected chi connectivity index (χ4v) is 1.63. The van der Waals surface area contributed by atoms with Crippen molar-refractivity contribution in [3.8, 4) is 5.75 Å². The zero-order chi connectivity index (χ0) is 11.0. The predicted molar refractivity (Wildman–Crippen MR) is 58.1 cm³/mol. The number of carbonyl (C=O) groups is 1. The van der Waals surface area contributed by atoms with E-state index in [4.69, 9.17) is 5.11 Å². The van der Waals surface area contributed by atoms with Crippen LogP contribution in [0.15, 0.2) is 28.9 Å². The number of hydrogen-bond donors (Lipinski definition) is 2. The van der Waals surface area contributed by atoms with Crippen molar-refractivity contribution in [3.63, 3.8) is 0 Å². The molecule has 15 heavy (non-hydrogen) atoms. The first-order valence-corrected chi connectivity index (χ1v) is 4.90. The summed E-state index contributed by atoms with van der Waals surface area (Å²) >= 11 is 3.16. The number of fused-ring (bicyclic) bond motifs is 1. The van der Waals surface area contributed by atoms with Crippen LogP contribution in [-0.4, -0.2) is 21.2 Å². The SMILES string of the molecule is O=C(O)c1ccc2ccc(Br)nc2c1O. The number of aromatic nitrogens is 1. The summed E-state index contributed by atoms with van der Waals surface area (Å²) in [4.78, 5) is 14.8. The summed E-state index contributed by atoms with van der Waals surface area (Å²) in [5.41, 5.74) is 0.136. The Morgan fingerprint density at radius 2 is 1.93 bits per heavy atom. The van der Waals surface area contributed by atoms with E-state index in [9.17, 15) is 9.90 Å². The molecule has 0 saturated heterocycles. The number of aromatic carboxylic acids is 1. The Kier molecular flexibility index (Phi) is 2.32. The zero-order valence-corrected chi connectivity index (χ0v) is 9.02.